The molecular formula is C16H17NO4S. The van der Waals surface area contributed by atoms with Crippen molar-refractivity contribution >= 4 is 15.8 Å². The predicted molar refractivity (Wildman–Crippen MR) is 83.7 cm³/mol. The number of hydrogen-bond donors (Lipinski definition) is 1. The van der Waals surface area contributed by atoms with E-state index in [1.54, 1.807) is 24.3 Å². The van der Waals surface area contributed by atoms with Gasteiger partial charge in [0.1, 0.15) is 12.4 Å². The molecule has 0 radical (unpaired) electrons. The third kappa shape index (κ3) is 3.23. The van der Waals surface area contributed by atoms with E-state index >= 15 is 0 Å². The van der Waals surface area contributed by atoms with Crippen LogP contribution in [0.2, 0.25) is 0 Å². The molecule has 6 heteroatoms. The van der Waals surface area contributed by atoms with Crippen molar-refractivity contribution in [1.82, 2.24) is 0 Å². The fourth-order valence-corrected chi connectivity index (χ4v) is 3.15. The predicted octanol–water partition coefficient (Wildman–Crippen LogP) is 2.57. The third-order valence-corrected chi connectivity index (χ3v) is 4.72. The van der Waals surface area contributed by atoms with Crippen molar-refractivity contribution in [2.75, 3.05) is 18.5 Å². The minimum absolute atomic E-state index is 0.0184. The number of aryl methyl sites for hydroxylation is 1. The molecule has 2 aromatic carbocycles. The van der Waals surface area contributed by atoms with Crippen LogP contribution in [0.3, 0.4) is 0 Å². The first-order chi connectivity index (χ1) is 10.5. The maximum Gasteiger partial charge on any atom is 0.297 e. The number of nitrogens with one attached hydrogen (secondary N) is 1. The zero-order valence-electron chi connectivity index (χ0n) is 12.2. The summed E-state index contributed by atoms with van der Waals surface area (Å²) in [7, 11) is -3.75. The highest BCUT2D eigenvalue weighted by molar-refractivity contribution is 7.86. The lowest BCUT2D eigenvalue weighted by atomic mass is 10.2. The van der Waals surface area contributed by atoms with Gasteiger partial charge in [0.05, 0.1) is 23.2 Å². The van der Waals surface area contributed by atoms with Crippen molar-refractivity contribution in [3.05, 3.63) is 54.1 Å². The zero-order valence-corrected chi connectivity index (χ0v) is 13.0. The van der Waals surface area contributed by atoms with Gasteiger partial charge < -0.3 is 10.1 Å². The van der Waals surface area contributed by atoms with Gasteiger partial charge in [0.25, 0.3) is 10.1 Å². The Labute approximate surface area is 130 Å². The van der Waals surface area contributed by atoms with Crippen LogP contribution >= 0.6 is 0 Å². The van der Waals surface area contributed by atoms with Crippen molar-refractivity contribution in [1.29, 1.82) is 0 Å². The summed E-state index contributed by atoms with van der Waals surface area (Å²) < 4.78 is 35.0. The molecule has 116 valence electrons. The number of benzene rings is 2. The van der Waals surface area contributed by atoms with Crippen LogP contribution in [-0.4, -0.2) is 27.7 Å². The molecule has 2 aromatic rings. The van der Waals surface area contributed by atoms with Gasteiger partial charge in [0.2, 0.25) is 0 Å². The van der Waals surface area contributed by atoms with Crippen LogP contribution in [0.25, 0.3) is 0 Å². The molecular weight excluding hydrogens is 302 g/mol. The normalized spacial score (nSPS) is 17.2. The van der Waals surface area contributed by atoms with Gasteiger partial charge in [-0.25, -0.2) is 0 Å². The highest BCUT2D eigenvalue weighted by Crippen LogP contribution is 2.28. The summed E-state index contributed by atoms with van der Waals surface area (Å²) in [6.07, 6.45) is 0. The topological polar surface area (TPSA) is 64.6 Å². The summed E-state index contributed by atoms with van der Waals surface area (Å²) in [4.78, 5) is 0.162. The lowest BCUT2D eigenvalue weighted by Crippen LogP contribution is -2.36. The van der Waals surface area contributed by atoms with Crippen LogP contribution in [0.1, 0.15) is 5.56 Å². The Bertz CT molecular complexity index is 756. The highest BCUT2D eigenvalue weighted by Gasteiger charge is 2.22. The molecule has 0 spiro atoms. The summed E-state index contributed by atoms with van der Waals surface area (Å²) in [5, 5.41) is 3.22. The molecule has 1 N–H and O–H groups in total. The number of ether oxygens (including phenoxy) is 1. The largest absolute Gasteiger partial charge is 0.489 e. The van der Waals surface area contributed by atoms with Crippen molar-refractivity contribution in [2.45, 2.75) is 17.9 Å². The average Bonchev–Trinajstić information content (AvgIpc) is 2.53. The van der Waals surface area contributed by atoms with Gasteiger partial charge in [-0.15, -0.1) is 0 Å². The van der Waals surface area contributed by atoms with Gasteiger partial charge in [-0.2, -0.15) is 8.42 Å². The second kappa shape index (κ2) is 5.98. The lowest BCUT2D eigenvalue weighted by Gasteiger charge is -2.26. The van der Waals surface area contributed by atoms with Crippen molar-refractivity contribution in [2.24, 2.45) is 0 Å². The fourth-order valence-electron chi connectivity index (χ4n) is 2.20. The van der Waals surface area contributed by atoms with Gasteiger partial charge in [0.15, 0.2) is 0 Å². The Morgan fingerprint density at radius 2 is 1.91 bits per heavy atom. The Hall–Kier alpha value is -2.05. The van der Waals surface area contributed by atoms with E-state index in [0.29, 0.717) is 6.61 Å². The maximum atomic E-state index is 12.1. The molecule has 5 nitrogen and oxygen atoms in total. The van der Waals surface area contributed by atoms with E-state index in [0.717, 1.165) is 17.0 Å². The van der Waals surface area contributed by atoms with Crippen LogP contribution in [0.4, 0.5) is 5.69 Å². The molecule has 0 fully saturated rings. The lowest BCUT2D eigenvalue weighted by molar-refractivity contribution is 0.224. The Balaban J connectivity index is 1.64. The van der Waals surface area contributed by atoms with E-state index in [2.05, 4.69) is 5.32 Å². The first-order valence-electron chi connectivity index (χ1n) is 6.99. The van der Waals surface area contributed by atoms with Gasteiger partial charge in [-0.05, 0) is 31.2 Å². The first kappa shape index (κ1) is 14.9. The van der Waals surface area contributed by atoms with Crippen LogP contribution in [0.15, 0.2) is 53.4 Å². The molecule has 0 amide bonds. The number of para-hydroxylation sites is 2. The molecule has 1 aliphatic heterocycles. The van der Waals surface area contributed by atoms with Crippen LogP contribution < -0.4 is 10.1 Å². The summed E-state index contributed by atoms with van der Waals surface area (Å²) in [5.41, 5.74) is 1.84. The van der Waals surface area contributed by atoms with Crippen LogP contribution in [0.5, 0.6) is 5.75 Å². The van der Waals surface area contributed by atoms with Gasteiger partial charge >= 0.3 is 0 Å². The van der Waals surface area contributed by atoms with E-state index in [-0.39, 0.29) is 17.5 Å². The molecule has 22 heavy (non-hydrogen) atoms. The average molecular weight is 319 g/mol. The van der Waals surface area contributed by atoms with Gasteiger partial charge in [-0.1, -0.05) is 29.8 Å². The second-order valence-electron chi connectivity index (χ2n) is 5.20. The first-order valence-corrected chi connectivity index (χ1v) is 8.40. The summed E-state index contributed by atoms with van der Waals surface area (Å²) in [6.45, 7) is 2.28. The van der Waals surface area contributed by atoms with E-state index in [1.165, 1.54) is 0 Å². The van der Waals surface area contributed by atoms with Crippen molar-refractivity contribution in [3.8, 4) is 5.75 Å². The number of fused-ring (bicyclic) bond motifs is 1. The Kier molecular flexibility index (Phi) is 4.04. The Morgan fingerprint density at radius 1 is 1.18 bits per heavy atom. The quantitative estimate of drug-likeness (QED) is 0.878. The van der Waals surface area contributed by atoms with E-state index in [9.17, 15) is 8.42 Å². The van der Waals surface area contributed by atoms with Gasteiger partial charge in [-0.3, -0.25) is 4.18 Å². The van der Waals surface area contributed by atoms with Crippen molar-refractivity contribution in [3.63, 3.8) is 0 Å². The van der Waals surface area contributed by atoms with Crippen molar-refractivity contribution < 1.29 is 17.3 Å². The van der Waals surface area contributed by atoms with Gasteiger partial charge in [0, 0.05) is 0 Å². The molecule has 1 unspecified atom stereocenters. The summed E-state index contributed by atoms with van der Waals surface area (Å²) >= 11 is 0. The smallest absolute Gasteiger partial charge is 0.297 e. The molecule has 0 bridgehead atoms. The third-order valence-electron chi connectivity index (χ3n) is 3.42. The number of rotatable bonds is 4. The molecule has 0 saturated carbocycles. The molecule has 3 rings (SSSR count). The molecule has 0 aliphatic carbocycles. The maximum absolute atomic E-state index is 12.1. The SMILES string of the molecule is Cc1ccc(S(=O)(=O)OCC2COc3ccccc3N2)cc1. The number of anilines is 1. The minimum atomic E-state index is -3.75. The molecule has 0 aromatic heterocycles. The monoisotopic (exact) mass is 319 g/mol. The molecule has 1 aliphatic rings. The summed E-state index contributed by atoms with van der Waals surface area (Å²) in [5.74, 6) is 0.764. The van der Waals surface area contributed by atoms with E-state index in [4.69, 9.17) is 8.92 Å². The van der Waals surface area contributed by atoms with E-state index in [1.807, 2.05) is 31.2 Å². The highest BCUT2D eigenvalue weighted by atomic mass is 32.2. The molecule has 1 atom stereocenters. The van der Waals surface area contributed by atoms with E-state index < -0.39 is 10.1 Å². The fraction of sp³-hybridized carbons (Fsp3) is 0.250. The zero-order chi connectivity index (χ0) is 15.6. The second-order valence-corrected chi connectivity index (χ2v) is 6.82. The standard InChI is InChI=1S/C16H17NO4S/c1-12-6-8-14(9-7-12)22(18,19)21-11-13-10-20-16-5-3-2-4-15(16)17-13/h2-9,13,17H,10-11H2,1H3. The molecule has 0 saturated heterocycles. The van der Waals surface area contributed by atoms with Crippen LogP contribution in [0, 0.1) is 6.92 Å². The van der Waals surface area contributed by atoms with Crippen LogP contribution in [-0.2, 0) is 14.3 Å². The number of hydrogen-bond acceptors (Lipinski definition) is 5. The Morgan fingerprint density at radius 3 is 2.68 bits per heavy atom. The minimum Gasteiger partial charge on any atom is -0.489 e. The molecule has 1 heterocycles. The summed E-state index contributed by atoms with van der Waals surface area (Å²) in [6, 6.07) is 13.9.